The Hall–Kier alpha value is -3.42. The number of nitrogens with zero attached hydrogens (tertiary/aromatic N) is 4. The third-order valence-corrected chi connectivity index (χ3v) is 7.28. The lowest BCUT2D eigenvalue weighted by Gasteiger charge is -2.43. The molecule has 3 heterocycles. The number of amides is 3. The second-order valence-electron chi connectivity index (χ2n) is 9.70. The van der Waals surface area contributed by atoms with Crippen LogP contribution in [0.1, 0.15) is 51.1 Å². The van der Waals surface area contributed by atoms with Gasteiger partial charge in [0.2, 0.25) is 11.8 Å². The number of benzene rings is 1. The van der Waals surface area contributed by atoms with Crippen molar-refractivity contribution in [1.82, 2.24) is 20.1 Å². The van der Waals surface area contributed by atoms with E-state index in [9.17, 15) is 14.4 Å². The third-order valence-electron chi connectivity index (χ3n) is 7.28. The number of hydrogen-bond acceptors (Lipinski definition) is 5. The number of carbonyl (C=O) groups is 3. The van der Waals surface area contributed by atoms with Crippen molar-refractivity contribution in [3.05, 3.63) is 60.4 Å². The van der Waals surface area contributed by atoms with Gasteiger partial charge in [0, 0.05) is 50.1 Å². The van der Waals surface area contributed by atoms with Crippen LogP contribution in [-0.2, 0) is 20.8 Å². The molecule has 3 amide bonds. The maximum atomic E-state index is 13.8. The predicted molar refractivity (Wildman–Crippen MR) is 139 cm³/mol. The molecule has 8 heteroatoms. The number of aromatic nitrogens is 1. The zero-order valence-corrected chi connectivity index (χ0v) is 21.2. The minimum atomic E-state index is -0.726. The van der Waals surface area contributed by atoms with Crippen LogP contribution >= 0.6 is 0 Å². The lowest BCUT2D eigenvalue weighted by Crippen LogP contribution is -2.57. The fraction of sp³-hybridized carbons (Fsp3) is 0.500. The largest absolute Gasteiger partial charge is 0.354 e. The molecule has 0 aliphatic carbocycles. The summed E-state index contributed by atoms with van der Waals surface area (Å²) in [6.07, 6.45) is 7.14. The summed E-state index contributed by atoms with van der Waals surface area (Å²) in [7, 11) is 0. The summed E-state index contributed by atoms with van der Waals surface area (Å²) in [6.45, 7) is 4.10. The van der Waals surface area contributed by atoms with Crippen LogP contribution in [-0.4, -0.2) is 70.9 Å². The normalized spacial score (nSPS) is 17.0. The number of nitrogens with one attached hydrogen (secondary N) is 1. The fourth-order valence-corrected chi connectivity index (χ4v) is 5.24. The van der Waals surface area contributed by atoms with Crippen LogP contribution in [0.25, 0.3) is 0 Å². The van der Waals surface area contributed by atoms with Crippen LogP contribution < -0.4 is 10.2 Å². The quantitative estimate of drug-likeness (QED) is 0.517. The van der Waals surface area contributed by atoms with Gasteiger partial charge in [-0.3, -0.25) is 19.4 Å². The molecule has 0 atom stereocenters. The number of hydrogen-bond donors (Lipinski definition) is 1. The fourth-order valence-electron chi connectivity index (χ4n) is 5.24. The van der Waals surface area contributed by atoms with Crippen LogP contribution in [0, 0.1) is 0 Å². The minimum absolute atomic E-state index is 0.0196. The zero-order valence-electron chi connectivity index (χ0n) is 21.2. The molecular formula is C28H37N5O3. The van der Waals surface area contributed by atoms with E-state index in [1.807, 2.05) is 53.4 Å². The van der Waals surface area contributed by atoms with Crippen molar-refractivity contribution in [2.45, 2.75) is 57.4 Å². The number of anilines is 1. The summed E-state index contributed by atoms with van der Waals surface area (Å²) in [4.78, 5) is 49.2. The highest BCUT2D eigenvalue weighted by atomic mass is 16.2. The molecule has 0 unspecified atom stereocenters. The predicted octanol–water partition coefficient (Wildman–Crippen LogP) is 2.99. The van der Waals surface area contributed by atoms with E-state index >= 15 is 0 Å². The molecule has 192 valence electrons. The van der Waals surface area contributed by atoms with E-state index < -0.39 is 5.54 Å². The van der Waals surface area contributed by atoms with E-state index in [-0.39, 0.29) is 24.3 Å². The maximum absolute atomic E-state index is 13.8. The third kappa shape index (κ3) is 5.86. The van der Waals surface area contributed by atoms with Crippen LogP contribution in [0.4, 0.5) is 5.69 Å². The van der Waals surface area contributed by atoms with Gasteiger partial charge >= 0.3 is 0 Å². The van der Waals surface area contributed by atoms with Crippen molar-refractivity contribution in [2.75, 3.05) is 37.7 Å². The molecule has 2 saturated heterocycles. The Bertz CT molecular complexity index is 1020. The molecule has 1 aromatic heterocycles. The van der Waals surface area contributed by atoms with Gasteiger partial charge in [0.25, 0.3) is 5.91 Å². The van der Waals surface area contributed by atoms with Crippen molar-refractivity contribution in [3.8, 4) is 0 Å². The first kappa shape index (κ1) is 25.7. The number of piperidine rings is 1. The first-order chi connectivity index (χ1) is 17.5. The average Bonchev–Trinajstić information content (AvgIpc) is 3.16. The van der Waals surface area contributed by atoms with Crippen molar-refractivity contribution in [3.63, 3.8) is 0 Å². The minimum Gasteiger partial charge on any atom is -0.354 e. The molecular weight excluding hydrogens is 454 g/mol. The van der Waals surface area contributed by atoms with E-state index in [0.29, 0.717) is 52.0 Å². The number of unbranched alkanes of at least 4 members (excludes halogenated alkanes) is 2. The van der Waals surface area contributed by atoms with Gasteiger partial charge in [0.05, 0.1) is 6.67 Å². The number of rotatable bonds is 10. The van der Waals surface area contributed by atoms with E-state index in [0.717, 1.165) is 30.6 Å². The van der Waals surface area contributed by atoms with Gasteiger partial charge in [0.15, 0.2) is 0 Å². The molecule has 1 spiro atoms. The Morgan fingerprint density at radius 2 is 1.78 bits per heavy atom. The first-order valence-electron chi connectivity index (χ1n) is 13.1. The summed E-state index contributed by atoms with van der Waals surface area (Å²) in [5.41, 5.74) is 1.15. The topological polar surface area (TPSA) is 85.8 Å². The first-order valence-corrected chi connectivity index (χ1v) is 13.1. The highest BCUT2D eigenvalue weighted by Crippen LogP contribution is 2.39. The van der Waals surface area contributed by atoms with Crippen LogP contribution in [0.15, 0.2) is 54.7 Å². The lowest BCUT2D eigenvalue weighted by atomic mass is 9.85. The number of pyridine rings is 1. The molecule has 2 aliphatic heterocycles. The molecule has 4 rings (SSSR count). The molecule has 2 fully saturated rings. The van der Waals surface area contributed by atoms with Gasteiger partial charge in [-0.05, 0) is 43.5 Å². The molecule has 1 N–H and O–H groups in total. The summed E-state index contributed by atoms with van der Waals surface area (Å²) < 4.78 is 0. The van der Waals surface area contributed by atoms with Crippen LogP contribution in [0.3, 0.4) is 0 Å². The highest BCUT2D eigenvalue weighted by Gasteiger charge is 2.54. The molecule has 8 nitrogen and oxygen atoms in total. The molecule has 0 bridgehead atoms. The molecule has 2 aliphatic rings. The van der Waals surface area contributed by atoms with Gasteiger partial charge < -0.3 is 20.0 Å². The smallest absolute Gasteiger partial charge is 0.250 e. The second-order valence-corrected chi connectivity index (χ2v) is 9.70. The average molecular weight is 492 g/mol. The molecule has 0 radical (unpaired) electrons. The highest BCUT2D eigenvalue weighted by molar-refractivity contribution is 5.96. The van der Waals surface area contributed by atoms with E-state index in [1.54, 1.807) is 11.1 Å². The lowest BCUT2D eigenvalue weighted by molar-refractivity contribution is -0.140. The van der Waals surface area contributed by atoms with Gasteiger partial charge in [-0.2, -0.15) is 0 Å². The summed E-state index contributed by atoms with van der Waals surface area (Å²) >= 11 is 0. The Balaban J connectivity index is 1.40. The van der Waals surface area contributed by atoms with Crippen molar-refractivity contribution in [2.24, 2.45) is 0 Å². The molecule has 36 heavy (non-hydrogen) atoms. The van der Waals surface area contributed by atoms with Crippen LogP contribution in [0.2, 0.25) is 0 Å². The molecule has 2 aromatic rings. The monoisotopic (exact) mass is 491 g/mol. The summed E-state index contributed by atoms with van der Waals surface area (Å²) in [6, 6.07) is 15.6. The van der Waals surface area contributed by atoms with Gasteiger partial charge in [-0.25, -0.2) is 0 Å². The van der Waals surface area contributed by atoms with Crippen molar-refractivity contribution >= 4 is 23.4 Å². The van der Waals surface area contributed by atoms with E-state index in [1.165, 1.54) is 0 Å². The Morgan fingerprint density at radius 1 is 1.03 bits per heavy atom. The molecule has 1 aromatic carbocycles. The summed E-state index contributed by atoms with van der Waals surface area (Å²) in [5.74, 6) is -0.0173. The van der Waals surface area contributed by atoms with Crippen molar-refractivity contribution in [1.29, 1.82) is 0 Å². The summed E-state index contributed by atoms with van der Waals surface area (Å²) in [5, 5.41) is 2.93. The maximum Gasteiger partial charge on any atom is 0.250 e. The number of likely N-dealkylation sites (tertiary alicyclic amines) is 1. The molecule has 0 saturated carbocycles. The SMILES string of the molecule is CCCCCC(=O)N1CCC2(CC1)C(=O)N(CC(=O)NCCc1ccccn1)CN2c1ccccc1. The Labute approximate surface area is 213 Å². The Morgan fingerprint density at radius 3 is 2.47 bits per heavy atom. The Kier molecular flexibility index (Phi) is 8.57. The van der Waals surface area contributed by atoms with Crippen LogP contribution in [0.5, 0.6) is 0 Å². The second kappa shape index (κ2) is 12.0. The van der Waals surface area contributed by atoms with Gasteiger partial charge in [0.1, 0.15) is 12.1 Å². The van der Waals surface area contributed by atoms with E-state index in [4.69, 9.17) is 0 Å². The van der Waals surface area contributed by atoms with Crippen molar-refractivity contribution < 1.29 is 14.4 Å². The van der Waals surface area contributed by atoms with E-state index in [2.05, 4.69) is 22.1 Å². The van der Waals surface area contributed by atoms with Gasteiger partial charge in [-0.15, -0.1) is 0 Å². The van der Waals surface area contributed by atoms with Gasteiger partial charge in [-0.1, -0.05) is 44.0 Å². The number of para-hydroxylation sites is 1. The standard InChI is InChI=1S/C28H37N5O3/c1-2-3-5-13-26(35)31-19-15-28(16-20-31)27(36)32(22-33(28)24-11-6-4-7-12-24)21-25(34)30-18-14-23-10-8-9-17-29-23/h4,6-12,17H,2-3,5,13-16,18-22H2,1H3,(H,30,34). The zero-order chi connectivity index (χ0) is 25.4. The number of carbonyl (C=O) groups excluding carboxylic acids is 3.